The largest absolute Gasteiger partial charge is 0.233 e. The van der Waals surface area contributed by atoms with Crippen LogP contribution < -0.4 is 0 Å². The highest BCUT2D eigenvalue weighted by atomic mass is 35.5. The van der Waals surface area contributed by atoms with Crippen LogP contribution in [0.5, 0.6) is 0 Å². The molecule has 0 unspecified atom stereocenters. The van der Waals surface area contributed by atoms with Gasteiger partial charge in [0.2, 0.25) is 0 Å². The van der Waals surface area contributed by atoms with Crippen LogP contribution in [0.15, 0.2) is 24.4 Å². The Kier molecular flexibility index (Phi) is 2.89. The summed E-state index contributed by atoms with van der Waals surface area (Å²) in [6, 6.07) is 5.45. The number of hydrogen-bond donors (Lipinski definition) is 0. The quantitative estimate of drug-likeness (QED) is 0.759. The van der Waals surface area contributed by atoms with Gasteiger partial charge in [0.05, 0.1) is 15.7 Å². The second-order valence-electron chi connectivity index (χ2n) is 3.10. The maximum absolute atomic E-state index is 6.09. The third-order valence-electron chi connectivity index (χ3n) is 2.06. The zero-order chi connectivity index (χ0) is 10.8. The maximum atomic E-state index is 6.09. The number of rotatable bonds is 1. The molecule has 0 saturated carbocycles. The molecule has 0 N–H and O–H groups in total. The Morgan fingerprint density at radius 2 is 2.07 bits per heavy atom. The molecule has 0 bridgehead atoms. The van der Waals surface area contributed by atoms with Crippen molar-refractivity contribution in [3.63, 3.8) is 0 Å². The average molecular weight is 238 g/mol. The summed E-state index contributed by atoms with van der Waals surface area (Å²) in [5.74, 6) is 0. The first kappa shape index (κ1) is 10.4. The van der Waals surface area contributed by atoms with E-state index in [1.165, 1.54) is 0 Å². The minimum Gasteiger partial charge on any atom is -0.233 e. The van der Waals surface area contributed by atoms with Gasteiger partial charge in [0, 0.05) is 11.8 Å². The third-order valence-corrected chi connectivity index (χ3v) is 2.88. The fourth-order valence-corrected chi connectivity index (χ4v) is 1.70. The van der Waals surface area contributed by atoms with E-state index in [2.05, 4.69) is 16.3 Å². The van der Waals surface area contributed by atoms with Gasteiger partial charge in [0.25, 0.3) is 0 Å². The van der Waals surface area contributed by atoms with E-state index in [0.717, 1.165) is 16.8 Å². The fourth-order valence-electron chi connectivity index (χ4n) is 1.31. The smallest absolute Gasteiger partial charge is 0.198 e. The molecule has 0 aliphatic rings. The first-order valence-electron chi connectivity index (χ1n) is 4.34. The predicted octanol–water partition coefficient (Wildman–Crippen LogP) is 3.56. The van der Waals surface area contributed by atoms with Crippen LogP contribution in [-0.4, -0.2) is 9.97 Å². The third kappa shape index (κ3) is 1.96. The predicted molar refractivity (Wildman–Crippen MR) is 61.1 cm³/mol. The summed E-state index contributed by atoms with van der Waals surface area (Å²) in [6.45, 7) is 1.92. The van der Waals surface area contributed by atoms with Gasteiger partial charge in [-0.3, -0.25) is 0 Å². The Balaban J connectivity index is 2.65. The van der Waals surface area contributed by atoms with Gasteiger partial charge in [-0.15, -0.1) is 0 Å². The Morgan fingerprint density at radius 1 is 1.27 bits per heavy atom. The van der Waals surface area contributed by atoms with Gasteiger partial charge in [-0.25, -0.2) is 9.97 Å². The normalized spacial score (nSPS) is 10.3. The van der Waals surface area contributed by atoms with E-state index in [-0.39, 0.29) is 0 Å². The van der Waals surface area contributed by atoms with Crippen molar-refractivity contribution in [1.82, 2.24) is 9.97 Å². The molecule has 0 saturated heterocycles. The number of benzene rings is 1. The minimum absolute atomic E-state index is 0.509. The molecular formula is C11H7Cl2N2. The Hall–Kier alpha value is -1.12. The summed E-state index contributed by atoms with van der Waals surface area (Å²) in [5, 5.41) is 1.03. The van der Waals surface area contributed by atoms with Crippen molar-refractivity contribution in [2.24, 2.45) is 0 Å². The minimum atomic E-state index is 0.509. The molecule has 0 aliphatic heterocycles. The summed E-state index contributed by atoms with van der Waals surface area (Å²) >= 11 is 12.0. The summed E-state index contributed by atoms with van der Waals surface area (Å²) in [7, 11) is 0. The molecule has 0 aliphatic carbocycles. The molecular weight excluding hydrogens is 231 g/mol. The molecule has 2 rings (SSSR count). The summed E-state index contributed by atoms with van der Waals surface area (Å²) in [4.78, 5) is 7.88. The molecule has 15 heavy (non-hydrogen) atoms. The van der Waals surface area contributed by atoms with Crippen LogP contribution in [0.2, 0.25) is 10.0 Å². The van der Waals surface area contributed by atoms with Crippen LogP contribution in [0.1, 0.15) is 5.56 Å². The highest BCUT2D eigenvalue weighted by Crippen LogP contribution is 2.33. The van der Waals surface area contributed by atoms with Crippen LogP contribution in [0, 0.1) is 13.3 Å². The van der Waals surface area contributed by atoms with Gasteiger partial charge in [-0.05, 0) is 18.6 Å². The molecule has 4 heteroatoms. The summed E-state index contributed by atoms with van der Waals surface area (Å²) in [6.07, 6.45) is 4.24. The van der Waals surface area contributed by atoms with Gasteiger partial charge in [0.1, 0.15) is 0 Å². The number of nitrogens with zero attached hydrogens (tertiary/aromatic N) is 2. The van der Waals surface area contributed by atoms with E-state index in [1.54, 1.807) is 12.3 Å². The Labute approximate surface area is 97.9 Å². The van der Waals surface area contributed by atoms with Gasteiger partial charge in [-0.2, -0.15) is 0 Å². The van der Waals surface area contributed by atoms with Crippen LogP contribution in [0.3, 0.4) is 0 Å². The van der Waals surface area contributed by atoms with Crippen molar-refractivity contribution >= 4 is 23.2 Å². The van der Waals surface area contributed by atoms with Crippen LogP contribution in [0.4, 0.5) is 0 Å². The second-order valence-corrected chi connectivity index (χ2v) is 3.89. The van der Waals surface area contributed by atoms with Crippen LogP contribution in [0.25, 0.3) is 11.3 Å². The van der Waals surface area contributed by atoms with E-state index < -0.39 is 0 Å². The molecule has 2 nitrogen and oxygen atoms in total. The number of aromatic nitrogens is 2. The highest BCUT2D eigenvalue weighted by molar-refractivity contribution is 6.43. The van der Waals surface area contributed by atoms with E-state index in [1.807, 2.05) is 19.1 Å². The van der Waals surface area contributed by atoms with E-state index in [0.29, 0.717) is 10.0 Å². The van der Waals surface area contributed by atoms with E-state index >= 15 is 0 Å². The van der Waals surface area contributed by atoms with Crippen molar-refractivity contribution in [2.45, 2.75) is 6.92 Å². The van der Waals surface area contributed by atoms with Gasteiger partial charge >= 0.3 is 0 Å². The SMILES string of the molecule is Cc1cn[c]nc1-c1cccc(Cl)c1Cl. The molecule has 1 aromatic heterocycles. The molecule has 1 aromatic carbocycles. The van der Waals surface area contributed by atoms with Crippen LogP contribution >= 0.6 is 23.2 Å². The van der Waals surface area contributed by atoms with Crippen molar-refractivity contribution < 1.29 is 0 Å². The molecule has 75 valence electrons. The van der Waals surface area contributed by atoms with Crippen molar-refractivity contribution in [1.29, 1.82) is 0 Å². The lowest BCUT2D eigenvalue weighted by molar-refractivity contribution is 1.12. The summed E-state index contributed by atoms with van der Waals surface area (Å²) < 4.78 is 0. The molecule has 1 heterocycles. The Bertz CT molecular complexity index is 498. The van der Waals surface area contributed by atoms with Gasteiger partial charge < -0.3 is 0 Å². The first-order chi connectivity index (χ1) is 7.20. The average Bonchev–Trinajstić information content (AvgIpc) is 2.23. The molecule has 0 atom stereocenters. The second kappa shape index (κ2) is 4.17. The van der Waals surface area contributed by atoms with Crippen molar-refractivity contribution in [3.8, 4) is 11.3 Å². The lowest BCUT2D eigenvalue weighted by Crippen LogP contribution is -1.90. The Morgan fingerprint density at radius 3 is 2.80 bits per heavy atom. The number of aryl methyl sites for hydroxylation is 1. The zero-order valence-electron chi connectivity index (χ0n) is 7.96. The molecule has 0 amide bonds. The monoisotopic (exact) mass is 237 g/mol. The molecule has 0 spiro atoms. The van der Waals surface area contributed by atoms with E-state index in [9.17, 15) is 0 Å². The van der Waals surface area contributed by atoms with Crippen molar-refractivity contribution in [3.05, 3.63) is 46.3 Å². The maximum Gasteiger partial charge on any atom is 0.198 e. The number of halogens is 2. The van der Waals surface area contributed by atoms with Crippen molar-refractivity contribution in [2.75, 3.05) is 0 Å². The molecule has 1 radical (unpaired) electrons. The van der Waals surface area contributed by atoms with Gasteiger partial charge in [0.15, 0.2) is 6.33 Å². The zero-order valence-corrected chi connectivity index (χ0v) is 9.47. The van der Waals surface area contributed by atoms with Crippen LogP contribution in [-0.2, 0) is 0 Å². The number of hydrogen-bond acceptors (Lipinski definition) is 2. The van der Waals surface area contributed by atoms with E-state index in [4.69, 9.17) is 23.2 Å². The summed E-state index contributed by atoms with van der Waals surface area (Å²) in [5.41, 5.74) is 2.51. The molecule has 2 aromatic rings. The first-order valence-corrected chi connectivity index (χ1v) is 5.10. The standard InChI is InChI=1S/C11H7Cl2N2/c1-7-5-14-6-15-11(7)8-3-2-4-9(12)10(8)13/h2-5H,1H3. The lowest BCUT2D eigenvalue weighted by Gasteiger charge is -2.06. The topological polar surface area (TPSA) is 25.8 Å². The lowest BCUT2D eigenvalue weighted by atomic mass is 10.1. The highest BCUT2D eigenvalue weighted by Gasteiger charge is 2.09. The fraction of sp³-hybridized carbons (Fsp3) is 0.0909. The van der Waals surface area contributed by atoms with Gasteiger partial charge in [-0.1, -0.05) is 35.3 Å². The molecule has 0 fully saturated rings.